The highest BCUT2D eigenvalue weighted by Crippen LogP contribution is 2.32. The molecule has 0 unspecified atom stereocenters. The minimum Gasteiger partial charge on any atom is -0.489 e. The quantitative estimate of drug-likeness (QED) is 0.110. The van der Waals surface area contributed by atoms with Crippen molar-refractivity contribution in [2.45, 2.75) is 46.4 Å². The van der Waals surface area contributed by atoms with Crippen molar-refractivity contribution in [1.29, 1.82) is 0 Å². The normalized spacial score (nSPS) is 13.2. The second-order valence-electron chi connectivity index (χ2n) is 13.2. The zero-order chi connectivity index (χ0) is 36.5. The van der Waals surface area contributed by atoms with Gasteiger partial charge in [-0.1, -0.05) is 91.6 Å². The number of benzene rings is 4. The van der Waals surface area contributed by atoms with E-state index >= 15 is 0 Å². The van der Waals surface area contributed by atoms with Gasteiger partial charge in [0.25, 0.3) is 0 Å². The molecule has 2 heterocycles. The molecule has 0 aliphatic carbocycles. The fraction of sp³-hybridized carbons (Fsp3) is 0.256. The molecule has 0 spiro atoms. The molecule has 5 aromatic rings. The molecule has 0 N–H and O–H groups in total. The molecule has 4 aromatic carbocycles. The van der Waals surface area contributed by atoms with Gasteiger partial charge in [-0.25, -0.2) is 4.98 Å². The van der Waals surface area contributed by atoms with E-state index in [9.17, 15) is 4.79 Å². The van der Waals surface area contributed by atoms with Crippen LogP contribution in [0.15, 0.2) is 109 Å². The Morgan fingerprint density at radius 3 is 2.17 bits per heavy atom. The summed E-state index contributed by atoms with van der Waals surface area (Å²) in [7, 11) is 0. The Morgan fingerprint density at radius 2 is 1.49 bits per heavy atom. The summed E-state index contributed by atoms with van der Waals surface area (Å²) in [5.74, 6) is 2.83. The molecule has 1 saturated heterocycles. The molecule has 6 rings (SSSR count). The largest absolute Gasteiger partial charge is 0.489 e. The first-order valence-corrected chi connectivity index (χ1v) is 18.3. The predicted octanol–water partition coefficient (Wildman–Crippen LogP) is 10.7. The molecule has 1 aliphatic heterocycles. The standard InChI is InChI=1S/C43H43Cl2N3O4.BrH/c1-30(2)34-12-15-37(16-13-34)50-28-33-10-8-32(9-11-33)27-47-20-22-48(23-21-47)43(49)19-14-35-25-40(45)41(24-31(35)3)52-42-18-17-38(26-46-42)51-29-36-6-4-5-7-39(36)44;/h4-19,24-26,30H,20-23,27-29H2,1-3H3;1H. The maximum Gasteiger partial charge on any atom is 0.246 e. The fourth-order valence-electron chi connectivity index (χ4n) is 5.84. The van der Waals surface area contributed by atoms with Gasteiger partial charge in [-0.2, -0.15) is 0 Å². The van der Waals surface area contributed by atoms with Gasteiger partial charge in [0, 0.05) is 55.5 Å². The lowest BCUT2D eigenvalue weighted by Crippen LogP contribution is -2.47. The van der Waals surface area contributed by atoms with Gasteiger partial charge in [0.1, 0.15) is 30.5 Å². The molecule has 0 radical (unpaired) electrons. The number of aryl methyl sites for hydroxylation is 1. The second kappa shape index (κ2) is 19.1. The minimum absolute atomic E-state index is 0. The summed E-state index contributed by atoms with van der Waals surface area (Å²) in [5.41, 5.74) is 6.35. The lowest BCUT2D eigenvalue weighted by molar-refractivity contribution is -0.127. The van der Waals surface area contributed by atoms with Crippen molar-refractivity contribution in [3.8, 4) is 23.1 Å². The van der Waals surface area contributed by atoms with Gasteiger partial charge in [-0.3, -0.25) is 9.69 Å². The van der Waals surface area contributed by atoms with E-state index in [1.54, 1.807) is 30.5 Å². The Balaban J connectivity index is 0.00000541. The molecule has 53 heavy (non-hydrogen) atoms. The van der Waals surface area contributed by atoms with Crippen LogP contribution in [-0.4, -0.2) is 46.9 Å². The van der Waals surface area contributed by atoms with Crippen LogP contribution in [0.1, 0.15) is 53.1 Å². The van der Waals surface area contributed by atoms with E-state index in [2.05, 4.69) is 60.1 Å². The number of aromatic nitrogens is 1. The molecule has 10 heteroatoms. The van der Waals surface area contributed by atoms with Gasteiger partial charge in [0.15, 0.2) is 0 Å². The topological polar surface area (TPSA) is 64.1 Å². The number of piperazine rings is 1. The van der Waals surface area contributed by atoms with E-state index < -0.39 is 0 Å². The van der Waals surface area contributed by atoms with Crippen LogP contribution in [0.4, 0.5) is 0 Å². The number of carbonyl (C=O) groups excluding carboxylic acids is 1. The summed E-state index contributed by atoms with van der Waals surface area (Å²) in [4.78, 5) is 21.7. The van der Waals surface area contributed by atoms with Crippen LogP contribution in [-0.2, 0) is 24.6 Å². The van der Waals surface area contributed by atoms with Crippen molar-refractivity contribution in [2.75, 3.05) is 26.2 Å². The number of halogens is 3. The number of hydrogen-bond donors (Lipinski definition) is 0. The molecule has 0 bridgehead atoms. The Bertz CT molecular complexity index is 1980. The number of nitrogens with zero attached hydrogens (tertiary/aromatic N) is 3. The number of rotatable bonds is 13. The zero-order valence-electron chi connectivity index (χ0n) is 30.1. The molecular formula is C43H44BrCl2N3O4. The third-order valence-corrected chi connectivity index (χ3v) is 9.73. The lowest BCUT2D eigenvalue weighted by Gasteiger charge is -2.34. The van der Waals surface area contributed by atoms with Gasteiger partial charge in [0.05, 0.1) is 11.2 Å². The second-order valence-corrected chi connectivity index (χ2v) is 14.0. The minimum atomic E-state index is -0.0141. The highest BCUT2D eigenvalue weighted by molar-refractivity contribution is 8.93. The first-order valence-electron chi connectivity index (χ1n) is 17.5. The van der Waals surface area contributed by atoms with E-state index in [0.29, 0.717) is 59.6 Å². The highest BCUT2D eigenvalue weighted by Gasteiger charge is 2.20. The van der Waals surface area contributed by atoms with Gasteiger partial charge in [-0.15, -0.1) is 17.0 Å². The van der Waals surface area contributed by atoms with E-state index in [4.69, 9.17) is 37.4 Å². The molecule has 0 atom stereocenters. The maximum atomic E-state index is 13.1. The summed E-state index contributed by atoms with van der Waals surface area (Å²) in [6.07, 6.45) is 5.03. The van der Waals surface area contributed by atoms with Crippen molar-refractivity contribution < 1.29 is 19.0 Å². The van der Waals surface area contributed by atoms with Crippen LogP contribution >= 0.6 is 40.2 Å². The molecule has 1 amide bonds. The van der Waals surface area contributed by atoms with E-state index in [1.807, 2.05) is 60.4 Å². The number of amides is 1. The molecule has 1 fully saturated rings. The van der Waals surface area contributed by atoms with Crippen molar-refractivity contribution in [2.24, 2.45) is 0 Å². The van der Waals surface area contributed by atoms with E-state index in [0.717, 1.165) is 47.6 Å². The number of carbonyl (C=O) groups is 1. The van der Waals surface area contributed by atoms with Gasteiger partial charge in [0.2, 0.25) is 11.8 Å². The number of ether oxygens (including phenoxy) is 3. The molecular weight excluding hydrogens is 773 g/mol. The number of hydrogen-bond acceptors (Lipinski definition) is 6. The van der Waals surface area contributed by atoms with Crippen molar-refractivity contribution in [3.63, 3.8) is 0 Å². The SMILES string of the molecule is Br.Cc1cc(Oc2ccc(OCc3ccccc3Cl)cn2)c(Cl)cc1C=CC(=O)N1CCN(Cc2ccc(COc3ccc(C(C)C)cc3)cc2)CC1. The van der Waals surface area contributed by atoms with Crippen LogP contribution in [0.25, 0.3) is 6.08 Å². The molecule has 1 aliphatic rings. The van der Waals surface area contributed by atoms with Crippen LogP contribution in [0.3, 0.4) is 0 Å². The maximum absolute atomic E-state index is 13.1. The zero-order valence-corrected chi connectivity index (χ0v) is 33.4. The van der Waals surface area contributed by atoms with Crippen molar-refractivity contribution in [1.82, 2.24) is 14.8 Å². The van der Waals surface area contributed by atoms with Crippen LogP contribution in [0.5, 0.6) is 23.1 Å². The van der Waals surface area contributed by atoms with Gasteiger partial charge in [-0.05, 0) is 83.1 Å². The Morgan fingerprint density at radius 1 is 0.811 bits per heavy atom. The van der Waals surface area contributed by atoms with E-state index in [1.165, 1.54) is 11.1 Å². The summed E-state index contributed by atoms with van der Waals surface area (Å²) >= 11 is 12.8. The third kappa shape index (κ3) is 11.3. The third-order valence-electron chi connectivity index (χ3n) is 9.07. The van der Waals surface area contributed by atoms with Crippen molar-refractivity contribution in [3.05, 3.63) is 153 Å². The fourth-order valence-corrected chi connectivity index (χ4v) is 6.24. The number of pyridine rings is 1. The summed E-state index contributed by atoms with van der Waals surface area (Å²) in [5, 5.41) is 1.07. The van der Waals surface area contributed by atoms with E-state index in [-0.39, 0.29) is 22.9 Å². The van der Waals surface area contributed by atoms with Gasteiger partial charge < -0.3 is 19.1 Å². The first-order chi connectivity index (χ1) is 25.2. The lowest BCUT2D eigenvalue weighted by atomic mass is 10.0. The van der Waals surface area contributed by atoms with Crippen molar-refractivity contribution >= 4 is 52.2 Å². The first kappa shape index (κ1) is 39.9. The molecule has 7 nitrogen and oxygen atoms in total. The predicted molar refractivity (Wildman–Crippen MR) is 219 cm³/mol. The molecule has 0 saturated carbocycles. The van der Waals surface area contributed by atoms with Gasteiger partial charge >= 0.3 is 0 Å². The van der Waals surface area contributed by atoms with Crippen LogP contribution in [0.2, 0.25) is 10.0 Å². The highest BCUT2D eigenvalue weighted by atomic mass is 79.9. The Labute approximate surface area is 332 Å². The Hall–Kier alpha value is -4.34. The monoisotopic (exact) mass is 815 g/mol. The Kier molecular flexibility index (Phi) is 14.4. The summed E-state index contributed by atoms with van der Waals surface area (Å²) in [6.45, 7) is 11.0. The average Bonchev–Trinajstić information content (AvgIpc) is 3.16. The average molecular weight is 818 g/mol. The summed E-state index contributed by atoms with van der Waals surface area (Å²) in [6, 6.07) is 31.6. The van der Waals surface area contributed by atoms with Crippen LogP contribution in [0, 0.1) is 6.92 Å². The van der Waals surface area contributed by atoms with Crippen LogP contribution < -0.4 is 14.2 Å². The molecule has 1 aromatic heterocycles. The molecule has 276 valence electrons. The smallest absolute Gasteiger partial charge is 0.246 e. The summed E-state index contributed by atoms with van der Waals surface area (Å²) < 4.78 is 17.8.